The van der Waals surface area contributed by atoms with Gasteiger partial charge in [0.2, 0.25) is 0 Å². The third-order valence-corrected chi connectivity index (χ3v) is 7.66. The van der Waals surface area contributed by atoms with E-state index in [0.29, 0.717) is 30.5 Å². The molecule has 210 valence electrons. The molecule has 1 saturated carbocycles. The molecule has 1 fully saturated rings. The van der Waals surface area contributed by atoms with Crippen molar-refractivity contribution in [2.24, 2.45) is 5.92 Å². The zero-order chi connectivity index (χ0) is 28.2. The molecule has 2 atom stereocenters. The molecule has 0 bridgehead atoms. The van der Waals surface area contributed by atoms with Gasteiger partial charge in [-0.05, 0) is 90.6 Å². The molecular formula is C32H35FN2O5. The van der Waals surface area contributed by atoms with Crippen LogP contribution in [0.15, 0.2) is 54.6 Å². The Morgan fingerprint density at radius 3 is 2.70 bits per heavy atom. The van der Waals surface area contributed by atoms with E-state index < -0.39 is 18.0 Å². The largest absolute Gasteiger partial charge is 0.490 e. The van der Waals surface area contributed by atoms with E-state index in [9.17, 15) is 14.0 Å². The van der Waals surface area contributed by atoms with Gasteiger partial charge in [-0.15, -0.1) is 0 Å². The molecule has 0 unspecified atom stereocenters. The summed E-state index contributed by atoms with van der Waals surface area (Å²) in [7, 11) is 0. The number of carbonyl (C=O) groups excluding carboxylic acids is 2. The maximum absolute atomic E-state index is 14.6. The van der Waals surface area contributed by atoms with E-state index in [-0.39, 0.29) is 19.8 Å². The maximum Gasteiger partial charge on any atom is 0.414 e. The van der Waals surface area contributed by atoms with E-state index in [0.717, 1.165) is 52.1 Å². The number of anilines is 1. The standard InChI is InChI=1S/C32H35FN2O5/c1-4-13-34-31(36)40-19-24-16-22(11-12-27(24)33)25-8-6-9-28-30(25)26-17-23(26)18-35(28)32(37)39-15-14-38-29-10-5-7-20(2)21(29)3/h5-12,16,23,26H,4,13-15,17-19H2,1-3H3,(H,34,36)/t23-,26-/m0/s1. The lowest BCUT2D eigenvalue weighted by molar-refractivity contribution is 0.130. The van der Waals surface area contributed by atoms with Gasteiger partial charge in [-0.25, -0.2) is 14.0 Å². The Morgan fingerprint density at radius 1 is 1.05 bits per heavy atom. The third-order valence-electron chi connectivity index (χ3n) is 7.66. The van der Waals surface area contributed by atoms with E-state index in [1.807, 2.05) is 57.2 Å². The van der Waals surface area contributed by atoms with Crippen molar-refractivity contribution in [3.63, 3.8) is 0 Å². The van der Waals surface area contributed by atoms with Crippen LogP contribution >= 0.6 is 0 Å². The number of amides is 2. The lowest BCUT2D eigenvalue weighted by Gasteiger charge is -2.30. The second kappa shape index (κ2) is 12.0. The summed E-state index contributed by atoms with van der Waals surface area (Å²) in [5.74, 6) is 1.05. The van der Waals surface area contributed by atoms with Gasteiger partial charge in [0.25, 0.3) is 0 Å². The minimum atomic E-state index is -0.571. The van der Waals surface area contributed by atoms with Crippen molar-refractivity contribution >= 4 is 17.9 Å². The smallest absolute Gasteiger partial charge is 0.414 e. The van der Waals surface area contributed by atoms with Gasteiger partial charge in [0, 0.05) is 18.7 Å². The summed E-state index contributed by atoms with van der Waals surface area (Å²) in [6.07, 6.45) is 0.794. The van der Waals surface area contributed by atoms with E-state index in [4.69, 9.17) is 14.2 Å². The van der Waals surface area contributed by atoms with Gasteiger partial charge < -0.3 is 19.5 Å². The molecule has 40 heavy (non-hydrogen) atoms. The average molecular weight is 547 g/mol. The highest BCUT2D eigenvalue weighted by Crippen LogP contribution is 2.57. The van der Waals surface area contributed by atoms with E-state index in [2.05, 4.69) is 5.32 Å². The Bertz CT molecular complexity index is 1410. The fraction of sp³-hybridized carbons (Fsp3) is 0.375. The van der Waals surface area contributed by atoms with Crippen LogP contribution in [0.25, 0.3) is 11.1 Å². The van der Waals surface area contributed by atoms with Gasteiger partial charge in [0.1, 0.15) is 31.4 Å². The summed E-state index contributed by atoms with van der Waals surface area (Å²) in [6, 6.07) is 16.6. The number of halogens is 1. The van der Waals surface area contributed by atoms with Gasteiger partial charge in [0.15, 0.2) is 0 Å². The summed E-state index contributed by atoms with van der Waals surface area (Å²) in [4.78, 5) is 26.7. The van der Waals surface area contributed by atoms with Crippen molar-refractivity contribution in [3.05, 3.63) is 82.7 Å². The number of benzene rings is 3. The highest BCUT2D eigenvalue weighted by Gasteiger charge is 2.48. The molecule has 1 aliphatic heterocycles. The molecule has 1 N–H and O–H groups in total. The SMILES string of the molecule is CCCNC(=O)OCc1cc(-c2cccc3c2[C@H]2C[C@H]2CN3C(=O)OCCOc2cccc(C)c2C)ccc1F. The number of ether oxygens (including phenoxy) is 3. The van der Waals surface area contributed by atoms with Crippen LogP contribution < -0.4 is 15.0 Å². The highest BCUT2D eigenvalue weighted by molar-refractivity contribution is 5.92. The highest BCUT2D eigenvalue weighted by atomic mass is 19.1. The van der Waals surface area contributed by atoms with Crippen LogP contribution in [0, 0.1) is 25.6 Å². The number of aryl methyl sites for hydroxylation is 1. The maximum atomic E-state index is 14.6. The molecule has 7 nitrogen and oxygen atoms in total. The second-order valence-corrected chi connectivity index (χ2v) is 10.4. The lowest BCUT2D eigenvalue weighted by Crippen LogP contribution is -2.37. The number of alkyl carbamates (subject to hydrolysis) is 1. The topological polar surface area (TPSA) is 77.1 Å². The number of hydrogen-bond acceptors (Lipinski definition) is 5. The van der Waals surface area contributed by atoms with Crippen LogP contribution in [0.3, 0.4) is 0 Å². The van der Waals surface area contributed by atoms with Gasteiger partial charge >= 0.3 is 12.2 Å². The Morgan fingerprint density at radius 2 is 1.88 bits per heavy atom. The van der Waals surface area contributed by atoms with Crippen molar-refractivity contribution in [2.45, 2.75) is 46.1 Å². The molecule has 8 heteroatoms. The van der Waals surface area contributed by atoms with Crippen molar-refractivity contribution in [1.82, 2.24) is 5.32 Å². The summed E-state index contributed by atoms with van der Waals surface area (Å²) in [6.45, 7) is 7.32. The molecule has 3 aromatic rings. The molecule has 1 aliphatic carbocycles. The summed E-state index contributed by atoms with van der Waals surface area (Å²) < 4.78 is 31.3. The van der Waals surface area contributed by atoms with Crippen LogP contribution in [-0.2, 0) is 16.1 Å². The Balaban J connectivity index is 1.29. The third kappa shape index (κ3) is 5.91. The molecule has 0 spiro atoms. The predicted molar refractivity (Wildman–Crippen MR) is 151 cm³/mol. The summed E-state index contributed by atoms with van der Waals surface area (Å²) >= 11 is 0. The molecule has 5 rings (SSSR count). The van der Waals surface area contributed by atoms with E-state index >= 15 is 0 Å². The van der Waals surface area contributed by atoms with Gasteiger partial charge in [-0.2, -0.15) is 0 Å². The van der Waals surface area contributed by atoms with Crippen LogP contribution in [0.5, 0.6) is 5.75 Å². The van der Waals surface area contributed by atoms with Crippen LogP contribution in [0.4, 0.5) is 19.7 Å². The molecule has 1 heterocycles. The first-order valence-corrected chi connectivity index (χ1v) is 13.8. The number of rotatable bonds is 9. The van der Waals surface area contributed by atoms with E-state index in [1.165, 1.54) is 6.07 Å². The number of hydrogen-bond donors (Lipinski definition) is 1. The quantitative estimate of drug-likeness (QED) is 0.296. The van der Waals surface area contributed by atoms with Crippen LogP contribution in [0.2, 0.25) is 0 Å². The molecule has 0 radical (unpaired) electrons. The van der Waals surface area contributed by atoms with E-state index in [1.54, 1.807) is 17.0 Å². The van der Waals surface area contributed by atoms with Crippen molar-refractivity contribution in [3.8, 4) is 16.9 Å². The fourth-order valence-corrected chi connectivity index (χ4v) is 5.25. The molecule has 0 saturated heterocycles. The first-order valence-electron chi connectivity index (χ1n) is 13.8. The van der Waals surface area contributed by atoms with Gasteiger partial charge in [0.05, 0.1) is 5.69 Å². The summed E-state index contributed by atoms with van der Waals surface area (Å²) in [5, 5.41) is 2.63. The van der Waals surface area contributed by atoms with Crippen molar-refractivity contribution < 1.29 is 28.2 Å². The zero-order valence-corrected chi connectivity index (χ0v) is 23.2. The first kappa shape index (κ1) is 27.5. The normalized spacial score (nSPS) is 16.9. The molecular weight excluding hydrogens is 511 g/mol. The lowest BCUT2D eigenvalue weighted by atomic mass is 9.91. The van der Waals surface area contributed by atoms with Gasteiger partial charge in [-0.3, -0.25) is 4.90 Å². The van der Waals surface area contributed by atoms with Crippen LogP contribution in [-0.4, -0.2) is 38.5 Å². The molecule has 2 amide bonds. The molecule has 0 aromatic heterocycles. The Kier molecular flexibility index (Phi) is 8.24. The number of nitrogens with zero attached hydrogens (tertiary/aromatic N) is 1. The number of fused-ring (bicyclic) bond motifs is 3. The van der Waals surface area contributed by atoms with Crippen LogP contribution in [0.1, 0.15) is 47.9 Å². The van der Waals surface area contributed by atoms with Crippen molar-refractivity contribution in [2.75, 3.05) is 31.2 Å². The van der Waals surface area contributed by atoms with Crippen molar-refractivity contribution in [1.29, 1.82) is 0 Å². The van der Waals surface area contributed by atoms with Gasteiger partial charge in [-0.1, -0.05) is 37.3 Å². The molecule has 2 aliphatic rings. The summed E-state index contributed by atoms with van der Waals surface area (Å²) in [5.41, 5.74) is 6.16. The Hall–Kier alpha value is -4.07. The predicted octanol–water partition coefficient (Wildman–Crippen LogP) is 6.88. The Labute approximate surface area is 234 Å². The number of nitrogens with one attached hydrogen (secondary N) is 1. The second-order valence-electron chi connectivity index (χ2n) is 10.4. The fourth-order valence-electron chi connectivity index (χ4n) is 5.25. The average Bonchev–Trinajstić information content (AvgIpc) is 3.75. The minimum Gasteiger partial charge on any atom is -0.490 e. The molecule has 3 aromatic carbocycles. The minimum absolute atomic E-state index is 0.138. The monoisotopic (exact) mass is 546 g/mol. The first-order chi connectivity index (χ1) is 19.4. The number of carbonyl (C=O) groups is 2. The zero-order valence-electron chi connectivity index (χ0n) is 23.2.